The van der Waals surface area contributed by atoms with Gasteiger partial charge in [-0.15, -0.1) is 0 Å². The van der Waals surface area contributed by atoms with Gasteiger partial charge < -0.3 is 4.74 Å². The van der Waals surface area contributed by atoms with Crippen LogP contribution in [0, 0.1) is 0 Å². The molecule has 5 nitrogen and oxygen atoms in total. The van der Waals surface area contributed by atoms with Gasteiger partial charge in [0.1, 0.15) is 17.3 Å². The molecule has 2 aromatic heterocycles. The summed E-state index contributed by atoms with van der Waals surface area (Å²) >= 11 is 0. The largest absolute Gasteiger partial charge is 0.493 e. The van der Waals surface area contributed by atoms with Crippen molar-refractivity contribution >= 4 is 0 Å². The van der Waals surface area contributed by atoms with Gasteiger partial charge in [-0.25, -0.2) is 15.0 Å². The number of rotatable bonds is 3. The number of hydrogen-bond donors (Lipinski definition) is 0. The molecule has 4 rings (SSSR count). The van der Waals surface area contributed by atoms with E-state index in [4.69, 9.17) is 4.74 Å². The molecular weight excluding hydrogens is 288 g/mol. The van der Waals surface area contributed by atoms with Crippen LogP contribution in [0.25, 0.3) is 17.2 Å². The van der Waals surface area contributed by atoms with E-state index in [1.807, 2.05) is 30.6 Å². The van der Waals surface area contributed by atoms with Crippen molar-refractivity contribution in [3.8, 4) is 23.0 Å². The highest BCUT2D eigenvalue weighted by atomic mass is 16.5. The van der Waals surface area contributed by atoms with Crippen molar-refractivity contribution < 1.29 is 4.74 Å². The number of imidazole rings is 1. The maximum absolute atomic E-state index is 5.67. The molecule has 0 amide bonds. The molecule has 3 heterocycles. The van der Waals surface area contributed by atoms with E-state index in [1.54, 1.807) is 6.20 Å². The van der Waals surface area contributed by atoms with Gasteiger partial charge in [0.05, 0.1) is 12.3 Å². The fraction of sp³-hybridized carbons (Fsp3) is 0.278. The lowest BCUT2D eigenvalue weighted by atomic mass is 10.1. The molecular formula is C18H18N4O. The number of ether oxygens (including phenoxy) is 1. The zero-order valence-corrected chi connectivity index (χ0v) is 13.2. The SMILES string of the molecule is CC(C)c1nccc(-c2nccn2-c2cccc3c2CCO3)n1. The predicted molar refractivity (Wildman–Crippen MR) is 87.9 cm³/mol. The Morgan fingerprint density at radius 1 is 1.13 bits per heavy atom. The third-order valence-electron chi connectivity index (χ3n) is 4.04. The number of nitrogens with zero attached hydrogens (tertiary/aromatic N) is 4. The first kappa shape index (κ1) is 13.9. The van der Waals surface area contributed by atoms with Crippen LogP contribution < -0.4 is 4.74 Å². The third-order valence-corrected chi connectivity index (χ3v) is 4.04. The topological polar surface area (TPSA) is 52.8 Å². The Morgan fingerprint density at radius 3 is 2.91 bits per heavy atom. The van der Waals surface area contributed by atoms with Gasteiger partial charge in [-0.05, 0) is 18.2 Å². The highest BCUT2D eigenvalue weighted by molar-refractivity contribution is 5.59. The maximum Gasteiger partial charge on any atom is 0.163 e. The molecule has 0 radical (unpaired) electrons. The molecule has 0 N–H and O–H groups in total. The molecule has 0 spiro atoms. The minimum atomic E-state index is 0.285. The zero-order chi connectivity index (χ0) is 15.8. The lowest BCUT2D eigenvalue weighted by Gasteiger charge is -2.12. The van der Waals surface area contributed by atoms with E-state index in [0.717, 1.165) is 41.8 Å². The van der Waals surface area contributed by atoms with Gasteiger partial charge in [0.2, 0.25) is 0 Å². The molecule has 0 saturated heterocycles. The first-order chi connectivity index (χ1) is 11.2. The molecule has 0 fully saturated rings. The zero-order valence-electron chi connectivity index (χ0n) is 13.2. The average molecular weight is 306 g/mol. The molecule has 1 aliphatic heterocycles. The van der Waals surface area contributed by atoms with Crippen molar-refractivity contribution in [2.24, 2.45) is 0 Å². The summed E-state index contributed by atoms with van der Waals surface area (Å²) in [5.74, 6) is 2.91. The van der Waals surface area contributed by atoms with Gasteiger partial charge in [-0.2, -0.15) is 0 Å². The second-order valence-corrected chi connectivity index (χ2v) is 5.93. The quantitative estimate of drug-likeness (QED) is 0.744. The highest BCUT2D eigenvalue weighted by Crippen LogP contribution is 2.32. The average Bonchev–Trinajstić information content (AvgIpc) is 3.23. The molecule has 3 aromatic rings. The minimum absolute atomic E-state index is 0.285. The summed E-state index contributed by atoms with van der Waals surface area (Å²) in [5, 5.41) is 0. The van der Waals surface area contributed by atoms with E-state index in [-0.39, 0.29) is 5.92 Å². The van der Waals surface area contributed by atoms with Gasteiger partial charge in [-0.1, -0.05) is 19.9 Å². The van der Waals surface area contributed by atoms with Crippen LogP contribution >= 0.6 is 0 Å². The Labute approximate surface area is 135 Å². The van der Waals surface area contributed by atoms with E-state index >= 15 is 0 Å². The molecule has 23 heavy (non-hydrogen) atoms. The Bertz CT molecular complexity index is 854. The van der Waals surface area contributed by atoms with Gasteiger partial charge in [0, 0.05) is 36.5 Å². The Hall–Kier alpha value is -2.69. The number of aromatic nitrogens is 4. The Morgan fingerprint density at radius 2 is 2.04 bits per heavy atom. The summed E-state index contributed by atoms with van der Waals surface area (Å²) < 4.78 is 7.76. The second kappa shape index (κ2) is 5.50. The molecule has 116 valence electrons. The van der Waals surface area contributed by atoms with Crippen LogP contribution in [0.2, 0.25) is 0 Å². The van der Waals surface area contributed by atoms with Crippen LogP contribution in [-0.2, 0) is 6.42 Å². The van der Waals surface area contributed by atoms with Crippen LogP contribution in [0.5, 0.6) is 5.75 Å². The maximum atomic E-state index is 5.67. The third kappa shape index (κ3) is 2.38. The van der Waals surface area contributed by atoms with Gasteiger partial charge >= 0.3 is 0 Å². The normalized spacial score (nSPS) is 13.2. The van der Waals surface area contributed by atoms with Crippen molar-refractivity contribution in [2.45, 2.75) is 26.2 Å². The van der Waals surface area contributed by atoms with Crippen LogP contribution in [0.15, 0.2) is 42.9 Å². The molecule has 0 aliphatic carbocycles. The first-order valence-corrected chi connectivity index (χ1v) is 7.86. The predicted octanol–water partition coefficient (Wildman–Crippen LogP) is 3.39. The fourth-order valence-electron chi connectivity index (χ4n) is 2.89. The second-order valence-electron chi connectivity index (χ2n) is 5.93. The van der Waals surface area contributed by atoms with Crippen molar-refractivity contribution in [2.75, 3.05) is 6.61 Å². The summed E-state index contributed by atoms with van der Waals surface area (Å²) in [6, 6.07) is 8.04. The monoisotopic (exact) mass is 306 g/mol. The Balaban J connectivity index is 1.84. The lowest BCUT2D eigenvalue weighted by molar-refractivity contribution is 0.357. The van der Waals surface area contributed by atoms with E-state index in [9.17, 15) is 0 Å². The number of fused-ring (bicyclic) bond motifs is 1. The number of hydrogen-bond acceptors (Lipinski definition) is 4. The molecule has 0 saturated carbocycles. The van der Waals surface area contributed by atoms with E-state index in [2.05, 4.69) is 39.4 Å². The van der Waals surface area contributed by atoms with Crippen molar-refractivity contribution in [3.63, 3.8) is 0 Å². The molecule has 0 atom stereocenters. The molecule has 1 aromatic carbocycles. The van der Waals surface area contributed by atoms with Crippen LogP contribution in [-0.4, -0.2) is 26.1 Å². The molecule has 0 bridgehead atoms. The van der Waals surface area contributed by atoms with E-state index in [0.29, 0.717) is 0 Å². The van der Waals surface area contributed by atoms with Crippen LogP contribution in [0.3, 0.4) is 0 Å². The van der Waals surface area contributed by atoms with Gasteiger partial charge in [0.15, 0.2) is 5.82 Å². The van der Waals surface area contributed by atoms with E-state index < -0.39 is 0 Å². The summed E-state index contributed by atoms with van der Waals surface area (Å²) in [6.45, 7) is 4.92. The summed E-state index contributed by atoms with van der Waals surface area (Å²) in [7, 11) is 0. The summed E-state index contributed by atoms with van der Waals surface area (Å²) in [6.07, 6.45) is 6.50. The Kier molecular flexibility index (Phi) is 3.33. The number of benzene rings is 1. The standard InChI is InChI=1S/C18H18N4O/c1-12(2)17-19-8-6-14(21-17)18-20-9-10-22(18)15-4-3-5-16-13(15)7-11-23-16/h3-6,8-10,12H,7,11H2,1-2H3. The lowest BCUT2D eigenvalue weighted by Crippen LogP contribution is -2.03. The molecule has 1 aliphatic rings. The highest BCUT2D eigenvalue weighted by Gasteiger charge is 2.19. The molecule has 5 heteroatoms. The summed E-state index contributed by atoms with van der Waals surface area (Å²) in [5.41, 5.74) is 3.17. The minimum Gasteiger partial charge on any atom is -0.493 e. The van der Waals surface area contributed by atoms with Crippen LogP contribution in [0.4, 0.5) is 0 Å². The van der Waals surface area contributed by atoms with Crippen LogP contribution in [0.1, 0.15) is 31.2 Å². The van der Waals surface area contributed by atoms with E-state index in [1.165, 1.54) is 5.56 Å². The van der Waals surface area contributed by atoms with Crippen molar-refractivity contribution in [1.29, 1.82) is 0 Å². The first-order valence-electron chi connectivity index (χ1n) is 7.86. The fourth-order valence-corrected chi connectivity index (χ4v) is 2.89. The molecule has 0 unspecified atom stereocenters. The van der Waals surface area contributed by atoms with Gasteiger partial charge in [0.25, 0.3) is 0 Å². The summed E-state index contributed by atoms with van der Waals surface area (Å²) in [4.78, 5) is 13.5. The van der Waals surface area contributed by atoms with Crippen molar-refractivity contribution in [3.05, 3.63) is 54.2 Å². The van der Waals surface area contributed by atoms with Crippen molar-refractivity contribution in [1.82, 2.24) is 19.5 Å². The smallest absolute Gasteiger partial charge is 0.163 e. The van der Waals surface area contributed by atoms with Gasteiger partial charge in [-0.3, -0.25) is 4.57 Å².